The van der Waals surface area contributed by atoms with Crippen LogP contribution in [0, 0.1) is 0 Å². The van der Waals surface area contributed by atoms with Gasteiger partial charge >= 0.3 is 0 Å². The highest BCUT2D eigenvalue weighted by molar-refractivity contribution is 5.87. The molecular formula is C25H38ClN3O2. The SMILES string of the molecule is CCN(CC)CC(=O)NCC(C)(CCN1CCOCC1)c1cccc2ccccc12.Cl. The lowest BCUT2D eigenvalue weighted by atomic mass is 9.77. The first-order valence-corrected chi connectivity index (χ1v) is 11.3. The van der Waals surface area contributed by atoms with Crippen molar-refractivity contribution in [1.82, 2.24) is 15.1 Å². The van der Waals surface area contributed by atoms with Gasteiger partial charge < -0.3 is 10.1 Å². The third kappa shape index (κ3) is 6.91. The number of morpholine rings is 1. The highest BCUT2D eigenvalue weighted by Gasteiger charge is 2.30. The molecule has 6 heteroatoms. The van der Waals surface area contributed by atoms with Gasteiger partial charge in [-0.25, -0.2) is 0 Å². The molecule has 2 aromatic carbocycles. The van der Waals surface area contributed by atoms with Gasteiger partial charge in [0.05, 0.1) is 19.8 Å². The molecule has 3 rings (SSSR count). The van der Waals surface area contributed by atoms with Crippen LogP contribution in [0.15, 0.2) is 42.5 Å². The smallest absolute Gasteiger partial charge is 0.234 e. The minimum atomic E-state index is -0.141. The summed E-state index contributed by atoms with van der Waals surface area (Å²) in [5.41, 5.74) is 1.18. The number of fused-ring (bicyclic) bond motifs is 1. The predicted molar refractivity (Wildman–Crippen MR) is 131 cm³/mol. The normalized spacial score (nSPS) is 16.6. The zero-order valence-corrected chi connectivity index (χ0v) is 20.0. The standard InChI is InChI=1S/C25H37N3O2.ClH/c1-4-27(5-2)19-24(29)26-20-25(3,13-14-28-15-17-30-18-16-28)23-12-8-10-21-9-6-7-11-22(21)23;/h6-12H,4-5,13-20H2,1-3H3,(H,26,29);1H. The number of hydrogen-bond acceptors (Lipinski definition) is 4. The fraction of sp³-hybridized carbons (Fsp3) is 0.560. The van der Waals surface area contributed by atoms with E-state index in [-0.39, 0.29) is 23.7 Å². The molecule has 0 aliphatic carbocycles. The summed E-state index contributed by atoms with van der Waals surface area (Å²) in [7, 11) is 0. The van der Waals surface area contributed by atoms with E-state index in [0.717, 1.165) is 52.4 Å². The molecule has 2 aromatic rings. The van der Waals surface area contributed by atoms with Crippen LogP contribution in [0.5, 0.6) is 0 Å². The largest absolute Gasteiger partial charge is 0.379 e. The maximum atomic E-state index is 12.6. The topological polar surface area (TPSA) is 44.8 Å². The summed E-state index contributed by atoms with van der Waals surface area (Å²) in [4.78, 5) is 17.3. The van der Waals surface area contributed by atoms with E-state index in [1.54, 1.807) is 0 Å². The molecule has 1 N–H and O–H groups in total. The average molecular weight is 448 g/mol. The number of benzene rings is 2. The van der Waals surface area contributed by atoms with E-state index in [2.05, 4.69) is 78.4 Å². The number of halogens is 1. The predicted octanol–water partition coefficient (Wildman–Crippen LogP) is 3.70. The molecule has 5 nitrogen and oxygen atoms in total. The van der Waals surface area contributed by atoms with Gasteiger partial charge in [-0.3, -0.25) is 14.6 Å². The molecule has 1 fully saturated rings. The van der Waals surface area contributed by atoms with Crippen molar-refractivity contribution in [1.29, 1.82) is 0 Å². The molecule has 1 atom stereocenters. The van der Waals surface area contributed by atoms with Crippen LogP contribution in [0.4, 0.5) is 0 Å². The minimum absolute atomic E-state index is 0. The Morgan fingerprint density at radius 1 is 1.10 bits per heavy atom. The van der Waals surface area contributed by atoms with Crippen molar-refractivity contribution in [2.75, 3.05) is 59.0 Å². The van der Waals surface area contributed by atoms with Crippen molar-refractivity contribution in [3.05, 3.63) is 48.0 Å². The Morgan fingerprint density at radius 2 is 1.77 bits per heavy atom. The van der Waals surface area contributed by atoms with E-state index in [1.165, 1.54) is 16.3 Å². The molecule has 1 amide bonds. The summed E-state index contributed by atoms with van der Waals surface area (Å²) in [6, 6.07) is 15.1. The summed E-state index contributed by atoms with van der Waals surface area (Å²) in [5.74, 6) is 0.108. The van der Waals surface area contributed by atoms with Gasteiger partial charge in [-0.05, 0) is 42.4 Å². The summed E-state index contributed by atoms with van der Waals surface area (Å²) in [5, 5.41) is 5.78. The number of likely N-dealkylation sites (N-methyl/N-ethyl adjacent to an activating group) is 1. The van der Waals surface area contributed by atoms with Crippen molar-refractivity contribution in [2.45, 2.75) is 32.6 Å². The fourth-order valence-corrected chi connectivity index (χ4v) is 4.30. The van der Waals surface area contributed by atoms with E-state index >= 15 is 0 Å². The number of rotatable bonds is 10. The molecule has 0 radical (unpaired) electrons. The molecule has 0 spiro atoms. The van der Waals surface area contributed by atoms with Crippen molar-refractivity contribution in [3.8, 4) is 0 Å². The highest BCUT2D eigenvalue weighted by Crippen LogP contribution is 2.33. The summed E-state index contributed by atoms with van der Waals surface area (Å²) in [6.07, 6.45) is 0.993. The van der Waals surface area contributed by atoms with Gasteiger partial charge in [0.25, 0.3) is 0 Å². The van der Waals surface area contributed by atoms with Crippen LogP contribution in [-0.4, -0.2) is 74.7 Å². The molecular weight excluding hydrogens is 410 g/mol. The lowest BCUT2D eigenvalue weighted by Gasteiger charge is -2.35. The molecule has 1 heterocycles. The monoisotopic (exact) mass is 447 g/mol. The first-order valence-electron chi connectivity index (χ1n) is 11.3. The molecule has 1 aliphatic rings. The van der Waals surface area contributed by atoms with Crippen LogP contribution in [0.2, 0.25) is 0 Å². The molecule has 0 saturated carbocycles. The van der Waals surface area contributed by atoms with Gasteiger partial charge in [-0.2, -0.15) is 0 Å². The molecule has 1 saturated heterocycles. The van der Waals surface area contributed by atoms with Gasteiger partial charge in [-0.15, -0.1) is 12.4 Å². The lowest BCUT2D eigenvalue weighted by Crippen LogP contribution is -2.45. The maximum absolute atomic E-state index is 12.6. The second kappa shape index (κ2) is 12.4. The van der Waals surface area contributed by atoms with Crippen LogP contribution in [0.3, 0.4) is 0 Å². The fourth-order valence-electron chi connectivity index (χ4n) is 4.30. The number of carbonyl (C=O) groups is 1. The second-order valence-corrected chi connectivity index (χ2v) is 8.53. The zero-order chi connectivity index (χ0) is 21.4. The van der Waals surface area contributed by atoms with Crippen LogP contribution in [0.25, 0.3) is 10.8 Å². The quantitative estimate of drug-likeness (QED) is 0.603. The van der Waals surface area contributed by atoms with E-state index in [0.29, 0.717) is 13.1 Å². The third-order valence-electron chi connectivity index (χ3n) is 6.46. The minimum Gasteiger partial charge on any atom is -0.379 e. The zero-order valence-electron chi connectivity index (χ0n) is 19.2. The van der Waals surface area contributed by atoms with E-state index in [9.17, 15) is 4.79 Å². The Bertz CT molecular complexity index is 816. The number of carbonyl (C=O) groups excluding carboxylic acids is 1. The van der Waals surface area contributed by atoms with Crippen LogP contribution >= 0.6 is 12.4 Å². The van der Waals surface area contributed by atoms with Gasteiger partial charge in [0, 0.05) is 25.0 Å². The van der Waals surface area contributed by atoms with Gasteiger partial charge in [0.1, 0.15) is 0 Å². The molecule has 1 unspecified atom stereocenters. The second-order valence-electron chi connectivity index (χ2n) is 8.53. The average Bonchev–Trinajstić information content (AvgIpc) is 2.80. The summed E-state index contributed by atoms with van der Waals surface area (Å²) < 4.78 is 5.51. The van der Waals surface area contributed by atoms with E-state index < -0.39 is 0 Å². The number of hydrogen-bond donors (Lipinski definition) is 1. The van der Waals surface area contributed by atoms with E-state index in [1.807, 2.05) is 0 Å². The maximum Gasteiger partial charge on any atom is 0.234 e. The van der Waals surface area contributed by atoms with Gasteiger partial charge in [0.15, 0.2) is 0 Å². The molecule has 172 valence electrons. The Hall–Kier alpha value is -1.66. The molecule has 0 bridgehead atoms. The lowest BCUT2D eigenvalue weighted by molar-refractivity contribution is -0.122. The van der Waals surface area contributed by atoms with Crippen LogP contribution < -0.4 is 5.32 Å². The van der Waals surface area contributed by atoms with Crippen molar-refractivity contribution in [2.24, 2.45) is 0 Å². The van der Waals surface area contributed by atoms with Gasteiger partial charge in [-0.1, -0.05) is 63.2 Å². The van der Waals surface area contributed by atoms with Crippen LogP contribution in [-0.2, 0) is 14.9 Å². The summed E-state index contributed by atoms with van der Waals surface area (Å²) in [6.45, 7) is 14.0. The third-order valence-corrected chi connectivity index (χ3v) is 6.46. The first-order chi connectivity index (χ1) is 14.6. The van der Waals surface area contributed by atoms with Gasteiger partial charge in [0.2, 0.25) is 5.91 Å². The van der Waals surface area contributed by atoms with E-state index in [4.69, 9.17) is 4.74 Å². The first kappa shape index (κ1) is 25.6. The van der Waals surface area contributed by atoms with Crippen LogP contribution in [0.1, 0.15) is 32.8 Å². The molecule has 1 aliphatic heterocycles. The van der Waals surface area contributed by atoms with Crippen molar-refractivity contribution >= 4 is 29.1 Å². The summed E-state index contributed by atoms with van der Waals surface area (Å²) >= 11 is 0. The Kier molecular flexibility index (Phi) is 10.2. The number of nitrogens with zero attached hydrogens (tertiary/aromatic N) is 2. The van der Waals surface area contributed by atoms with Crippen molar-refractivity contribution in [3.63, 3.8) is 0 Å². The number of amides is 1. The Balaban J connectivity index is 0.00000341. The Morgan fingerprint density at radius 3 is 2.48 bits per heavy atom. The number of nitrogens with one attached hydrogen (secondary N) is 1. The molecule has 31 heavy (non-hydrogen) atoms. The Labute approximate surface area is 193 Å². The number of ether oxygens (including phenoxy) is 1. The highest BCUT2D eigenvalue weighted by atomic mass is 35.5. The van der Waals surface area contributed by atoms with Crippen molar-refractivity contribution < 1.29 is 9.53 Å². The molecule has 0 aromatic heterocycles.